The van der Waals surface area contributed by atoms with Gasteiger partial charge in [-0.05, 0) is 26.8 Å². The quantitative estimate of drug-likeness (QED) is 0.180. The van der Waals surface area contributed by atoms with Crippen LogP contribution in [0.4, 0.5) is 0 Å². The highest BCUT2D eigenvalue weighted by atomic mass is 16.3. The fourth-order valence-electron chi connectivity index (χ4n) is 1.50. The minimum absolute atomic E-state index is 0.330. The van der Waals surface area contributed by atoms with Crippen LogP contribution in [0.25, 0.3) is 0 Å². The van der Waals surface area contributed by atoms with Gasteiger partial charge in [-0.15, -0.1) is 0 Å². The van der Waals surface area contributed by atoms with Gasteiger partial charge in [-0.3, -0.25) is 14.4 Å². The van der Waals surface area contributed by atoms with Crippen molar-refractivity contribution in [1.82, 2.24) is 0 Å². The zero-order valence-corrected chi connectivity index (χ0v) is 12.6. The molecule has 5 N–H and O–H groups in total. The van der Waals surface area contributed by atoms with E-state index >= 15 is 0 Å². The lowest BCUT2D eigenvalue weighted by Gasteiger charge is -2.23. The van der Waals surface area contributed by atoms with Crippen LogP contribution >= 0.6 is 0 Å². The van der Waals surface area contributed by atoms with Gasteiger partial charge in [0.25, 0.3) is 5.91 Å². The van der Waals surface area contributed by atoms with E-state index in [1.807, 2.05) is 0 Å². The van der Waals surface area contributed by atoms with E-state index in [1.54, 1.807) is 0 Å². The molecule has 0 saturated carbocycles. The summed E-state index contributed by atoms with van der Waals surface area (Å²) in [5.74, 6) is -4.70. The number of aliphatic hydroxyl groups is 3. The van der Waals surface area contributed by atoms with Crippen LogP contribution in [-0.2, 0) is 14.4 Å². The van der Waals surface area contributed by atoms with Crippen LogP contribution in [0.1, 0.15) is 20.8 Å². The molecule has 1 amide bonds. The zero-order valence-electron chi connectivity index (χ0n) is 12.6. The predicted molar refractivity (Wildman–Crippen MR) is 79.8 cm³/mol. The van der Waals surface area contributed by atoms with Crippen LogP contribution in [0, 0.1) is 0 Å². The van der Waals surface area contributed by atoms with Crippen molar-refractivity contribution in [1.29, 1.82) is 0 Å². The second-order valence-corrected chi connectivity index (χ2v) is 4.70. The van der Waals surface area contributed by atoms with E-state index < -0.39 is 45.7 Å². The third kappa shape index (κ3) is 3.70. The smallest absolute Gasteiger partial charge is 0.251 e. The average Bonchev–Trinajstić information content (AvgIpc) is 2.48. The molecule has 0 saturated heterocycles. The Kier molecular flexibility index (Phi) is 6.03. The molecule has 7 heteroatoms. The van der Waals surface area contributed by atoms with Crippen molar-refractivity contribution in [2.45, 2.75) is 26.4 Å². The first-order valence-electron chi connectivity index (χ1n) is 6.15. The summed E-state index contributed by atoms with van der Waals surface area (Å²) in [5.41, 5.74) is 0.832. The number of amides is 1. The molecule has 1 unspecified atom stereocenters. The molecule has 120 valence electrons. The van der Waals surface area contributed by atoms with Crippen LogP contribution in [0.5, 0.6) is 0 Å². The van der Waals surface area contributed by atoms with E-state index in [0.717, 1.165) is 13.8 Å². The highest BCUT2D eigenvalue weighted by molar-refractivity contribution is 6.22. The van der Waals surface area contributed by atoms with Gasteiger partial charge >= 0.3 is 0 Å². The molecule has 0 bridgehead atoms. The first kappa shape index (κ1) is 19.3. The summed E-state index contributed by atoms with van der Waals surface area (Å²) in [4.78, 5) is 34.8. The number of hydrogen-bond acceptors (Lipinski definition) is 6. The zero-order chi connectivity index (χ0) is 17.8. The van der Waals surface area contributed by atoms with Gasteiger partial charge in [-0.25, -0.2) is 0 Å². The normalized spacial score (nSPS) is 15.4. The molecule has 0 aliphatic rings. The fourth-order valence-corrected chi connectivity index (χ4v) is 1.50. The predicted octanol–water partition coefficient (Wildman–Crippen LogP) is 0.767. The van der Waals surface area contributed by atoms with Gasteiger partial charge in [0.15, 0.2) is 11.4 Å². The fraction of sp³-hybridized carbons (Fsp3) is 0.267. The average molecular weight is 309 g/mol. The van der Waals surface area contributed by atoms with Crippen molar-refractivity contribution in [3.63, 3.8) is 0 Å². The van der Waals surface area contributed by atoms with E-state index in [-0.39, 0.29) is 5.57 Å². The topological polar surface area (TPSA) is 138 Å². The molecule has 0 heterocycles. The maximum Gasteiger partial charge on any atom is 0.251 e. The molecule has 22 heavy (non-hydrogen) atoms. The monoisotopic (exact) mass is 309 g/mol. The van der Waals surface area contributed by atoms with Gasteiger partial charge < -0.3 is 21.1 Å². The Morgan fingerprint density at radius 3 is 1.95 bits per heavy atom. The van der Waals surface area contributed by atoms with Crippen molar-refractivity contribution in [2.24, 2.45) is 5.73 Å². The number of primary amides is 1. The Morgan fingerprint density at radius 1 is 1.14 bits per heavy atom. The van der Waals surface area contributed by atoms with Crippen molar-refractivity contribution >= 4 is 17.5 Å². The molecular formula is C15H19NO6. The lowest BCUT2D eigenvalue weighted by Crippen LogP contribution is -2.42. The maximum absolute atomic E-state index is 12.0. The Morgan fingerprint density at radius 2 is 1.59 bits per heavy atom. The van der Waals surface area contributed by atoms with Gasteiger partial charge in [0.2, 0.25) is 5.78 Å². The number of carbonyl (C=O) groups excluding carboxylic acids is 3. The van der Waals surface area contributed by atoms with Gasteiger partial charge in [-0.2, -0.15) is 0 Å². The minimum Gasteiger partial charge on any atom is -0.508 e. The first-order chi connectivity index (χ1) is 9.89. The lowest BCUT2D eigenvalue weighted by atomic mass is 9.89. The first-order valence-corrected chi connectivity index (χ1v) is 6.15. The number of rotatable bonds is 7. The van der Waals surface area contributed by atoms with Gasteiger partial charge in [0.05, 0.1) is 11.1 Å². The minimum atomic E-state index is -2.57. The van der Waals surface area contributed by atoms with Crippen LogP contribution in [0.2, 0.25) is 0 Å². The second-order valence-electron chi connectivity index (χ2n) is 4.70. The van der Waals surface area contributed by atoms with E-state index in [1.165, 1.54) is 13.0 Å². The van der Waals surface area contributed by atoms with Gasteiger partial charge in [0.1, 0.15) is 11.5 Å². The van der Waals surface area contributed by atoms with E-state index in [9.17, 15) is 29.7 Å². The van der Waals surface area contributed by atoms with E-state index in [0.29, 0.717) is 0 Å². The third-order valence-electron chi connectivity index (χ3n) is 3.03. The Labute approximate surface area is 127 Å². The van der Waals surface area contributed by atoms with Gasteiger partial charge in [0, 0.05) is 5.57 Å². The molecule has 0 radical (unpaired) electrons. The van der Waals surface area contributed by atoms with Crippen LogP contribution in [0.3, 0.4) is 0 Å². The van der Waals surface area contributed by atoms with Crippen molar-refractivity contribution in [3.8, 4) is 0 Å². The van der Waals surface area contributed by atoms with Crippen LogP contribution < -0.4 is 5.73 Å². The number of aliphatic hydroxyl groups excluding tert-OH is 2. The lowest BCUT2D eigenvalue weighted by molar-refractivity contribution is -0.132. The molecule has 0 rings (SSSR count). The van der Waals surface area contributed by atoms with Crippen molar-refractivity contribution in [3.05, 3.63) is 47.5 Å². The summed E-state index contributed by atoms with van der Waals surface area (Å²) in [6, 6.07) is 0. The number of allylic oxidation sites excluding steroid dienone is 3. The van der Waals surface area contributed by atoms with Crippen LogP contribution in [-0.4, -0.2) is 38.4 Å². The number of Topliss-reactive ketones (excluding diaryl/α,β-unsaturated/α-hetero) is 2. The summed E-state index contributed by atoms with van der Waals surface area (Å²) >= 11 is 0. The molecule has 0 spiro atoms. The second kappa shape index (κ2) is 6.86. The maximum atomic E-state index is 12.0. The standard InChI is InChI=1S/C15H19NO6/c1-6-10(17)7(2)11(18)8(3)12(19)15(5,22)13(20)9(4)14(16)21/h6,17,19,22H,2,4H2,1,3,5H3,(H2,16,21)/b10-6+,12-8-. The molecular weight excluding hydrogens is 290 g/mol. The number of carbonyl (C=O) groups is 3. The summed E-state index contributed by atoms with van der Waals surface area (Å²) in [5, 5.41) is 29.5. The SMILES string of the molecule is C=C(C(N)=O)C(=O)C(C)(O)/C(O)=C(\C)C(=O)C(=C)/C(O)=C\C. The molecule has 0 aromatic heterocycles. The van der Waals surface area contributed by atoms with E-state index in [4.69, 9.17) is 5.73 Å². The number of ketones is 2. The molecule has 7 nitrogen and oxygen atoms in total. The number of nitrogens with two attached hydrogens (primary N) is 1. The Bertz CT molecular complexity index is 622. The Balaban J connectivity index is 5.79. The summed E-state index contributed by atoms with van der Waals surface area (Å²) in [6.07, 6.45) is 1.21. The summed E-state index contributed by atoms with van der Waals surface area (Å²) < 4.78 is 0. The largest absolute Gasteiger partial charge is 0.508 e. The number of hydrogen-bond donors (Lipinski definition) is 4. The van der Waals surface area contributed by atoms with Crippen molar-refractivity contribution in [2.75, 3.05) is 0 Å². The highest BCUT2D eigenvalue weighted by Crippen LogP contribution is 2.24. The molecule has 0 fully saturated rings. The van der Waals surface area contributed by atoms with Gasteiger partial charge in [-0.1, -0.05) is 13.2 Å². The Hall–Kier alpha value is -2.67. The van der Waals surface area contributed by atoms with Crippen LogP contribution in [0.15, 0.2) is 47.5 Å². The third-order valence-corrected chi connectivity index (χ3v) is 3.03. The summed E-state index contributed by atoms with van der Waals surface area (Å²) in [6.45, 7) is 9.93. The van der Waals surface area contributed by atoms with E-state index in [2.05, 4.69) is 13.2 Å². The highest BCUT2D eigenvalue weighted by Gasteiger charge is 2.40. The molecule has 0 aliphatic heterocycles. The molecule has 1 atom stereocenters. The molecule has 0 aromatic carbocycles. The molecule has 0 aliphatic carbocycles. The summed E-state index contributed by atoms with van der Waals surface area (Å²) in [7, 11) is 0. The van der Waals surface area contributed by atoms with Crippen molar-refractivity contribution < 1.29 is 29.7 Å². The molecule has 0 aromatic rings.